The molecule has 0 aliphatic heterocycles. The van der Waals surface area contributed by atoms with E-state index in [0.29, 0.717) is 0 Å². The largest absolute Gasteiger partial charge is 0.497 e. The maximum Gasteiger partial charge on any atom is 0.191 e. The van der Waals surface area contributed by atoms with Crippen molar-refractivity contribution in [3.05, 3.63) is 29.8 Å². The van der Waals surface area contributed by atoms with E-state index >= 15 is 0 Å². The Bertz CT molecular complexity index is 535. The number of guanidine groups is 1. The Morgan fingerprint density at radius 1 is 1.23 bits per heavy atom. The Hall–Kier alpha value is -0.670. The van der Waals surface area contributed by atoms with Gasteiger partial charge in [0, 0.05) is 17.8 Å². The van der Waals surface area contributed by atoms with Crippen molar-refractivity contribution in [2.45, 2.75) is 31.6 Å². The van der Waals surface area contributed by atoms with Gasteiger partial charge in [-0.25, -0.2) is 0 Å². The van der Waals surface area contributed by atoms with Gasteiger partial charge in [-0.3, -0.25) is 4.99 Å². The Balaban J connectivity index is 0.00000625. The summed E-state index contributed by atoms with van der Waals surface area (Å²) < 4.78 is 5.39. The monoisotopic (exact) mass is 494 g/mol. The van der Waals surface area contributed by atoms with Gasteiger partial charge < -0.3 is 20.3 Å². The third-order valence-corrected chi connectivity index (χ3v) is 5.34. The molecule has 0 fully saturated rings. The first-order valence-electron chi connectivity index (χ1n) is 8.70. The number of rotatable bonds is 9. The fourth-order valence-corrected chi connectivity index (χ4v) is 2.49. The highest BCUT2D eigenvalue weighted by Gasteiger charge is 2.17. The lowest BCUT2D eigenvalue weighted by Gasteiger charge is -2.26. The molecule has 7 heteroatoms. The van der Waals surface area contributed by atoms with Crippen LogP contribution in [0.3, 0.4) is 0 Å². The van der Waals surface area contributed by atoms with Crippen LogP contribution in [0.5, 0.6) is 5.75 Å². The summed E-state index contributed by atoms with van der Waals surface area (Å²) in [4.78, 5) is 6.96. The van der Waals surface area contributed by atoms with Crippen LogP contribution in [0, 0.1) is 0 Å². The summed E-state index contributed by atoms with van der Waals surface area (Å²) in [7, 11) is 5.88. The molecular formula is C19H35IN4OS. The van der Waals surface area contributed by atoms with Gasteiger partial charge in [0.05, 0.1) is 19.7 Å². The van der Waals surface area contributed by atoms with Crippen molar-refractivity contribution in [1.29, 1.82) is 0 Å². The van der Waals surface area contributed by atoms with Gasteiger partial charge in [-0.1, -0.05) is 12.1 Å². The van der Waals surface area contributed by atoms with Gasteiger partial charge in [-0.05, 0) is 58.8 Å². The molecule has 1 aromatic carbocycles. The summed E-state index contributed by atoms with van der Waals surface area (Å²) in [5.41, 5.74) is 1.25. The van der Waals surface area contributed by atoms with E-state index < -0.39 is 0 Å². The van der Waals surface area contributed by atoms with E-state index in [1.807, 2.05) is 23.9 Å². The average molecular weight is 494 g/mol. The Labute approximate surface area is 180 Å². The van der Waals surface area contributed by atoms with E-state index in [2.05, 4.69) is 68.8 Å². The smallest absolute Gasteiger partial charge is 0.191 e. The topological polar surface area (TPSA) is 48.9 Å². The number of ether oxygens (including phenoxy) is 1. The average Bonchev–Trinajstić information content (AvgIpc) is 2.60. The van der Waals surface area contributed by atoms with Crippen molar-refractivity contribution in [2.24, 2.45) is 4.99 Å². The summed E-state index contributed by atoms with van der Waals surface area (Å²) >= 11 is 1.83. The zero-order valence-corrected chi connectivity index (χ0v) is 20.3. The molecule has 2 N–H and O–H groups in total. The minimum absolute atomic E-state index is 0. The van der Waals surface area contributed by atoms with Crippen LogP contribution in [0.2, 0.25) is 0 Å². The first kappa shape index (κ1) is 25.3. The highest BCUT2D eigenvalue weighted by molar-refractivity contribution is 14.0. The molecule has 0 saturated heterocycles. The summed E-state index contributed by atoms with van der Waals surface area (Å²) in [6, 6.07) is 8.50. The van der Waals surface area contributed by atoms with E-state index in [-0.39, 0.29) is 34.8 Å². The highest BCUT2D eigenvalue weighted by Crippen LogP contribution is 2.22. The molecular weight excluding hydrogens is 459 g/mol. The van der Waals surface area contributed by atoms with Crippen LogP contribution in [-0.4, -0.2) is 62.7 Å². The third-order valence-electron chi connectivity index (χ3n) is 4.10. The minimum Gasteiger partial charge on any atom is -0.497 e. The quantitative estimate of drug-likeness (QED) is 0.312. The number of benzene rings is 1. The van der Waals surface area contributed by atoms with Gasteiger partial charge in [-0.2, -0.15) is 11.8 Å². The molecule has 0 spiro atoms. The second kappa shape index (κ2) is 12.7. The van der Waals surface area contributed by atoms with Gasteiger partial charge in [0.2, 0.25) is 0 Å². The molecule has 1 atom stereocenters. The van der Waals surface area contributed by atoms with Crippen molar-refractivity contribution in [3.63, 3.8) is 0 Å². The van der Waals surface area contributed by atoms with Crippen LogP contribution in [-0.2, 0) is 0 Å². The van der Waals surface area contributed by atoms with Crippen LogP contribution < -0.4 is 15.4 Å². The van der Waals surface area contributed by atoms with Crippen LogP contribution in [0.25, 0.3) is 0 Å². The van der Waals surface area contributed by atoms with E-state index in [9.17, 15) is 0 Å². The number of thioether (sulfide) groups is 1. The standard InChI is InChI=1S/C19H34N4OS.HI/c1-8-20-18(22-14-19(2,3)25-7)21-13-17(23(4)5)15-9-11-16(24-6)12-10-15;/h9-12,17H,8,13-14H2,1-7H3,(H2,20,21,22);1H. The molecule has 26 heavy (non-hydrogen) atoms. The SMILES string of the molecule is CCNC(=NCC(C)(C)SC)NCC(c1ccc(OC)cc1)N(C)C.I. The number of hydrogen-bond acceptors (Lipinski definition) is 4. The predicted octanol–water partition coefficient (Wildman–Crippen LogP) is 3.61. The van der Waals surface area contributed by atoms with E-state index in [1.165, 1.54) is 5.56 Å². The van der Waals surface area contributed by atoms with E-state index in [0.717, 1.165) is 31.3 Å². The highest BCUT2D eigenvalue weighted by atomic mass is 127. The lowest BCUT2D eigenvalue weighted by atomic mass is 10.1. The van der Waals surface area contributed by atoms with Crippen molar-refractivity contribution in [3.8, 4) is 5.75 Å². The summed E-state index contributed by atoms with van der Waals surface area (Å²) in [5, 5.41) is 6.82. The van der Waals surface area contributed by atoms with Crippen LogP contribution in [0.4, 0.5) is 0 Å². The first-order chi connectivity index (χ1) is 11.8. The van der Waals surface area contributed by atoms with Gasteiger partial charge in [0.25, 0.3) is 0 Å². The number of likely N-dealkylation sites (N-methyl/N-ethyl adjacent to an activating group) is 1. The zero-order valence-electron chi connectivity index (χ0n) is 17.1. The lowest BCUT2D eigenvalue weighted by molar-refractivity contribution is 0.298. The summed E-state index contributed by atoms with van der Waals surface area (Å²) in [5.74, 6) is 1.74. The number of aliphatic imine (C=N–C) groups is 1. The van der Waals surface area contributed by atoms with Crippen molar-refractivity contribution >= 4 is 41.7 Å². The molecule has 150 valence electrons. The molecule has 1 aromatic rings. The minimum atomic E-state index is 0. The molecule has 0 saturated carbocycles. The molecule has 0 aliphatic carbocycles. The number of nitrogens with zero attached hydrogens (tertiary/aromatic N) is 2. The normalized spacial score (nSPS) is 13.2. The van der Waals surface area contributed by atoms with E-state index in [1.54, 1.807) is 7.11 Å². The number of methoxy groups -OCH3 is 1. The molecule has 0 bridgehead atoms. The fourth-order valence-electron chi connectivity index (χ4n) is 2.29. The van der Waals surface area contributed by atoms with Crippen LogP contribution in [0.15, 0.2) is 29.3 Å². The number of nitrogens with one attached hydrogen (secondary N) is 2. The van der Waals surface area contributed by atoms with Gasteiger partial charge in [0.1, 0.15) is 5.75 Å². The van der Waals surface area contributed by atoms with Crippen LogP contribution >= 0.6 is 35.7 Å². The number of hydrogen-bond donors (Lipinski definition) is 2. The summed E-state index contributed by atoms with van der Waals surface area (Å²) in [6.45, 7) is 8.92. The third kappa shape index (κ3) is 8.81. The molecule has 0 radical (unpaired) electrons. The van der Waals surface area contributed by atoms with Crippen molar-refractivity contribution < 1.29 is 4.74 Å². The molecule has 1 rings (SSSR count). The fraction of sp³-hybridized carbons (Fsp3) is 0.632. The van der Waals surface area contributed by atoms with Crippen LogP contribution in [0.1, 0.15) is 32.4 Å². The first-order valence-corrected chi connectivity index (χ1v) is 9.93. The van der Waals surface area contributed by atoms with Crippen molar-refractivity contribution in [1.82, 2.24) is 15.5 Å². The molecule has 0 heterocycles. The summed E-state index contributed by atoms with van der Waals surface area (Å²) in [6.07, 6.45) is 2.13. The van der Waals surface area contributed by atoms with E-state index in [4.69, 9.17) is 9.73 Å². The molecule has 0 aromatic heterocycles. The predicted molar refractivity (Wildman–Crippen MR) is 126 cm³/mol. The van der Waals surface area contributed by atoms with Gasteiger partial charge in [0.15, 0.2) is 5.96 Å². The van der Waals surface area contributed by atoms with Crippen molar-refractivity contribution in [2.75, 3.05) is 47.1 Å². The molecule has 5 nitrogen and oxygen atoms in total. The lowest BCUT2D eigenvalue weighted by Crippen LogP contribution is -2.42. The second-order valence-electron chi connectivity index (χ2n) is 6.79. The molecule has 1 unspecified atom stereocenters. The second-order valence-corrected chi connectivity index (χ2v) is 8.31. The maximum atomic E-state index is 5.25. The Kier molecular flexibility index (Phi) is 12.3. The Morgan fingerprint density at radius 2 is 1.85 bits per heavy atom. The molecule has 0 amide bonds. The maximum absolute atomic E-state index is 5.25. The molecule has 0 aliphatic rings. The zero-order chi connectivity index (χ0) is 18.9. The Morgan fingerprint density at radius 3 is 2.31 bits per heavy atom. The number of halogens is 1. The van der Waals surface area contributed by atoms with Gasteiger partial charge >= 0.3 is 0 Å². The van der Waals surface area contributed by atoms with Gasteiger partial charge in [-0.15, -0.1) is 24.0 Å².